The molecule has 0 fully saturated rings. The smallest absolute Gasteiger partial charge is 0 e. The topological polar surface area (TPSA) is 0 Å². The maximum Gasteiger partial charge on any atom is 0 e. The van der Waals surface area contributed by atoms with Crippen LogP contribution in [0.25, 0.3) is 0 Å². The molecule has 0 unspecified atom stereocenters. The molecule has 0 nitrogen and oxygen atoms in total. The van der Waals surface area contributed by atoms with E-state index in [9.17, 15) is 0 Å². The van der Waals surface area contributed by atoms with Crippen molar-refractivity contribution in [2.24, 2.45) is 0 Å². The Morgan fingerprint density at radius 3 is 3.12 bits per heavy atom. The first kappa shape index (κ1) is 7.99. The minimum Gasteiger partial charge on any atom is -0.275 e. The number of rotatable bonds is 0. The summed E-state index contributed by atoms with van der Waals surface area (Å²) in [6, 6.07) is 0. The third-order valence-electron chi connectivity index (χ3n) is 1.04. The summed E-state index contributed by atoms with van der Waals surface area (Å²) >= 11 is 0. The van der Waals surface area contributed by atoms with E-state index in [1.54, 1.807) is 0 Å². The van der Waals surface area contributed by atoms with Crippen molar-refractivity contribution in [3.8, 4) is 0 Å². The minimum atomic E-state index is 0. The Bertz CT molecular complexity index is 80.6. The standard InChI is InChI=1S/C7H9.Co/c1-2-4-6-7-5-3-1;/h1-3H,4,6-7H2;/q-1;. The van der Waals surface area contributed by atoms with E-state index >= 15 is 0 Å². The summed E-state index contributed by atoms with van der Waals surface area (Å²) in [4.78, 5) is 0. The van der Waals surface area contributed by atoms with Crippen LogP contribution >= 0.6 is 0 Å². The van der Waals surface area contributed by atoms with Crippen molar-refractivity contribution in [2.45, 2.75) is 19.3 Å². The van der Waals surface area contributed by atoms with Gasteiger partial charge in [0.1, 0.15) is 0 Å². The van der Waals surface area contributed by atoms with Crippen molar-refractivity contribution < 1.29 is 16.8 Å². The van der Waals surface area contributed by atoms with Gasteiger partial charge in [0.25, 0.3) is 0 Å². The van der Waals surface area contributed by atoms with Gasteiger partial charge in [-0.3, -0.25) is 6.08 Å². The molecule has 1 aliphatic carbocycles. The zero-order valence-corrected chi connectivity index (χ0v) is 5.73. The second-order valence-corrected chi connectivity index (χ2v) is 1.69. The van der Waals surface area contributed by atoms with E-state index in [1.165, 1.54) is 12.8 Å². The van der Waals surface area contributed by atoms with Crippen LogP contribution in [0.2, 0.25) is 0 Å². The first-order valence-corrected chi connectivity index (χ1v) is 2.72. The van der Waals surface area contributed by atoms with Crippen molar-refractivity contribution in [1.82, 2.24) is 0 Å². The van der Waals surface area contributed by atoms with Crippen molar-refractivity contribution >= 4 is 0 Å². The summed E-state index contributed by atoms with van der Waals surface area (Å²) in [6.07, 6.45) is 13.0. The quantitative estimate of drug-likeness (QED) is 0.466. The molecule has 1 radical (unpaired) electrons. The van der Waals surface area contributed by atoms with Gasteiger partial charge < -0.3 is 0 Å². The van der Waals surface area contributed by atoms with E-state index in [0.717, 1.165) is 6.42 Å². The molecule has 47 valence electrons. The zero-order valence-electron chi connectivity index (χ0n) is 4.69. The van der Waals surface area contributed by atoms with Gasteiger partial charge in [-0.05, 0) is 0 Å². The first-order valence-electron chi connectivity index (χ1n) is 2.72. The Balaban J connectivity index is 0.000000490. The van der Waals surface area contributed by atoms with Gasteiger partial charge in [-0.15, -0.1) is 6.42 Å². The van der Waals surface area contributed by atoms with Crippen LogP contribution in [-0.4, -0.2) is 0 Å². The summed E-state index contributed by atoms with van der Waals surface area (Å²) in [5.41, 5.74) is 0. The fourth-order valence-corrected chi connectivity index (χ4v) is 0.638. The van der Waals surface area contributed by atoms with E-state index in [-0.39, 0.29) is 16.8 Å². The maximum absolute atomic E-state index is 3.14. The summed E-state index contributed by atoms with van der Waals surface area (Å²) in [6.45, 7) is 0. The van der Waals surface area contributed by atoms with Crippen molar-refractivity contribution in [1.29, 1.82) is 0 Å². The second-order valence-electron chi connectivity index (χ2n) is 1.69. The van der Waals surface area contributed by atoms with E-state index in [0.29, 0.717) is 0 Å². The molecule has 0 atom stereocenters. The molecule has 0 heterocycles. The number of allylic oxidation sites excluding steroid dienone is 4. The molecule has 0 aromatic heterocycles. The third kappa shape index (κ3) is 3.05. The molecule has 0 saturated carbocycles. The van der Waals surface area contributed by atoms with E-state index < -0.39 is 0 Å². The van der Waals surface area contributed by atoms with Crippen molar-refractivity contribution in [3.63, 3.8) is 0 Å². The van der Waals surface area contributed by atoms with Crippen molar-refractivity contribution in [3.05, 3.63) is 24.3 Å². The predicted molar refractivity (Wildman–Crippen MR) is 30.8 cm³/mol. The van der Waals surface area contributed by atoms with Gasteiger partial charge >= 0.3 is 0 Å². The predicted octanol–water partition coefficient (Wildman–Crippen LogP) is 2.08. The van der Waals surface area contributed by atoms with Crippen LogP contribution in [0, 0.1) is 6.08 Å². The van der Waals surface area contributed by atoms with Crippen LogP contribution in [0.4, 0.5) is 0 Å². The monoisotopic (exact) mass is 152 g/mol. The van der Waals surface area contributed by atoms with Crippen LogP contribution in [0.15, 0.2) is 18.2 Å². The van der Waals surface area contributed by atoms with Crippen LogP contribution in [0.5, 0.6) is 0 Å². The SMILES string of the molecule is [C-]1=CC=CCCC1.[Co]. The molecule has 1 aliphatic rings. The number of hydrogen-bond acceptors (Lipinski definition) is 0. The van der Waals surface area contributed by atoms with Crippen LogP contribution < -0.4 is 0 Å². The molecule has 0 amide bonds. The van der Waals surface area contributed by atoms with Gasteiger partial charge in [-0.25, -0.2) is 12.2 Å². The average molecular weight is 152 g/mol. The normalized spacial score (nSPS) is 17.0. The van der Waals surface area contributed by atoms with Crippen LogP contribution in [0.1, 0.15) is 19.3 Å². The molecule has 0 aromatic rings. The van der Waals surface area contributed by atoms with E-state index in [2.05, 4.69) is 18.2 Å². The third-order valence-corrected chi connectivity index (χ3v) is 1.04. The average Bonchev–Trinajstić information content (AvgIpc) is 1.90. The molecule has 0 aromatic carbocycles. The largest absolute Gasteiger partial charge is 0.275 e. The molecular formula is C7H9Co-. The molecule has 0 aliphatic heterocycles. The van der Waals surface area contributed by atoms with E-state index in [1.807, 2.05) is 6.08 Å². The van der Waals surface area contributed by atoms with Gasteiger partial charge in [0.05, 0.1) is 0 Å². The Labute approximate surface area is 60.9 Å². The Morgan fingerprint density at radius 1 is 1.38 bits per heavy atom. The minimum absolute atomic E-state index is 0. The molecule has 0 saturated heterocycles. The summed E-state index contributed by atoms with van der Waals surface area (Å²) in [5.74, 6) is 0. The van der Waals surface area contributed by atoms with E-state index in [4.69, 9.17) is 0 Å². The molecule has 0 N–H and O–H groups in total. The van der Waals surface area contributed by atoms with Gasteiger partial charge in [-0.1, -0.05) is 12.8 Å². The first-order chi connectivity index (χ1) is 3.50. The second kappa shape index (κ2) is 5.13. The summed E-state index contributed by atoms with van der Waals surface area (Å²) < 4.78 is 0. The zero-order chi connectivity index (χ0) is 4.95. The molecule has 0 spiro atoms. The summed E-state index contributed by atoms with van der Waals surface area (Å²) in [5, 5.41) is 0. The molecular weight excluding hydrogens is 143 g/mol. The van der Waals surface area contributed by atoms with Gasteiger partial charge in [0.15, 0.2) is 0 Å². The Morgan fingerprint density at radius 2 is 2.25 bits per heavy atom. The van der Waals surface area contributed by atoms with Crippen LogP contribution in [-0.2, 0) is 16.8 Å². The molecule has 0 bridgehead atoms. The fraction of sp³-hybridized carbons (Fsp3) is 0.429. The van der Waals surface area contributed by atoms with Gasteiger partial charge in [0.2, 0.25) is 0 Å². The van der Waals surface area contributed by atoms with Crippen LogP contribution in [0.3, 0.4) is 0 Å². The molecule has 1 rings (SSSR count). The Hall–Kier alpha value is -0.0135. The number of hydrogen-bond donors (Lipinski definition) is 0. The Kier molecular flexibility index (Phi) is 5.12. The van der Waals surface area contributed by atoms with Gasteiger partial charge in [0, 0.05) is 16.8 Å². The van der Waals surface area contributed by atoms with Crippen molar-refractivity contribution in [2.75, 3.05) is 0 Å². The molecule has 1 heteroatoms. The summed E-state index contributed by atoms with van der Waals surface area (Å²) in [7, 11) is 0. The van der Waals surface area contributed by atoms with Gasteiger partial charge in [-0.2, -0.15) is 6.08 Å². The maximum atomic E-state index is 3.14. The molecule has 8 heavy (non-hydrogen) atoms. The fourth-order valence-electron chi connectivity index (χ4n) is 0.638.